The van der Waals surface area contributed by atoms with Gasteiger partial charge < -0.3 is 25.2 Å². The highest BCUT2D eigenvalue weighted by Gasteiger charge is 2.33. The van der Waals surface area contributed by atoms with Crippen molar-refractivity contribution in [2.75, 3.05) is 73.1 Å². The van der Waals surface area contributed by atoms with E-state index in [1.807, 2.05) is 0 Å². The van der Waals surface area contributed by atoms with Crippen LogP contribution in [0, 0.1) is 5.41 Å². The van der Waals surface area contributed by atoms with E-state index in [9.17, 15) is 0 Å². The van der Waals surface area contributed by atoms with Crippen LogP contribution in [0.5, 0.6) is 0 Å². The lowest BCUT2D eigenvalue weighted by Crippen LogP contribution is -2.40. The molecule has 2 fully saturated rings. The van der Waals surface area contributed by atoms with Gasteiger partial charge in [0.15, 0.2) is 5.96 Å². The van der Waals surface area contributed by atoms with Crippen LogP contribution in [0.4, 0.5) is 0 Å². The molecule has 158 valence electrons. The van der Waals surface area contributed by atoms with E-state index in [2.05, 4.69) is 34.4 Å². The minimum atomic E-state index is 0.358. The molecule has 0 radical (unpaired) electrons. The van der Waals surface area contributed by atoms with Crippen molar-refractivity contribution in [1.29, 1.82) is 0 Å². The van der Waals surface area contributed by atoms with Crippen LogP contribution in [-0.4, -0.2) is 88.9 Å². The third-order valence-electron chi connectivity index (χ3n) is 6.17. The second-order valence-electron chi connectivity index (χ2n) is 8.42. The number of hydrogen-bond acceptors (Lipinski definition) is 4. The van der Waals surface area contributed by atoms with Crippen LogP contribution in [0.2, 0.25) is 0 Å². The molecular formula is C21H43N5O. The van der Waals surface area contributed by atoms with E-state index in [0.717, 1.165) is 38.6 Å². The van der Waals surface area contributed by atoms with Gasteiger partial charge in [-0.1, -0.05) is 12.8 Å². The lowest BCUT2D eigenvalue weighted by molar-refractivity contribution is 0.141. The second kappa shape index (κ2) is 12.6. The lowest BCUT2D eigenvalue weighted by Gasteiger charge is -2.27. The molecule has 2 rings (SSSR count). The minimum absolute atomic E-state index is 0.358. The third kappa shape index (κ3) is 8.36. The molecule has 0 spiro atoms. The summed E-state index contributed by atoms with van der Waals surface area (Å²) in [5.41, 5.74) is 0.358. The van der Waals surface area contributed by atoms with Gasteiger partial charge in [-0.2, -0.15) is 0 Å². The average molecular weight is 382 g/mol. The summed E-state index contributed by atoms with van der Waals surface area (Å²) in [5, 5.41) is 6.97. The van der Waals surface area contributed by atoms with Gasteiger partial charge in [0, 0.05) is 46.4 Å². The Morgan fingerprint density at radius 1 is 1.07 bits per heavy atom. The monoisotopic (exact) mass is 381 g/mol. The molecule has 1 saturated heterocycles. The molecule has 0 unspecified atom stereocenters. The quantitative estimate of drug-likeness (QED) is 0.345. The van der Waals surface area contributed by atoms with E-state index in [0.29, 0.717) is 5.41 Å². The highest BCUT2D eigenvalue weighted by atomic mass is 16.5. The lowest BCUT2D eigenvalue weighted by atomic mass is 9.83. The van der Waals surface area contributed by atoms with Gasteiger partial charge in [-0.25, -0.2) is 0 Å². The van der Waals surface area contributed by atoms with Gasteiger partial charge in [-0.05, 0) is 71.1 Å². The molecular weight excluding hydrogens is 338 g/mol. The standard InChI is InChI=1S/C21H43N5O/c1-4-22-20(24-19-21(11-18-27-3)9-5-6-10-21)23-12-7-14-26-15-8-13-25(2)16-17-26/h4-19H2,1-3H3,(H2,22,23,24). The summed E-state index contributed by atoms with van der Waals surface area (Å²) in [6.07, 6.45) is 8.87. The Hall–Kier alpha value is -0.850. The molecule has 27 heavy (non-hydrogen) atoms. The number of rotatable bonds is 10. The van der Waals surface area contributed by atoms with Gasteiger partial charge in [0.25, 0.3) is 0 Å². The zero-order valence-corrected chi connectivity index (χ0v) is 18.1. The predicted molar refractivity (Wildman–Crippen MR) is 115 cm³/mol. The Kier molecular flexibility index (Phi) is 10.5. The molecule has 0 aromatic rings. The van der Waals surface area contributed by atoms with Gasteiger partial charge >= 0.3 is 0 Å². The fourth-order valence-electron chi connectivity index (χ4n) is 4.35. The van der Waals surface area contributed by atoms with Gasteiger partial charge in [0.05, 0.1) is 0 Å². The molecule has 1 aliphatic carbocycles. The Morgan fingerprint density at radius 2 is 1.89 bits per heavy atom. The molecule has 2 N–H and O–H groups in total. The number of nitrogens with one attached hydrogen (secondary N) is 2. The van der Waals surface area contributed by atoms with Gasteiger partial charge in [-0.15, -0.1) is 0 Å². The van der Waals surface area contributed by atoms with Crippen molar-refractivity contribution in [3.63, 3.8) is 0 Å². The zero-order valence-electron chi connectivity index (χ0n) is 18.1. The van der Waals surface area contributed by atoms with Crippen molar-refractivity contribution in [3.05, 3.63) is 0 Å². The first-order chi connectivity index (χ1) is 13.2. The largest absolute Gasteiger partial charge is 0.385 e. The smallest absolute Gasteiger partial charge is 0.191 e. The highest BCUT2D eigenvalue weighted by Crippen LogP contribution is 2.41. The molecule has 6 heteroatoms. The maximum Gasteiger partial charge on any atom is 0.191 e. The Morgan fingerprint density at radius 3 is 2.63 bits per heavy atom. The van der Waals surface area contributed by atoms with Crippen LogP contribution in [0.15, 0.2) is 4.99 Å². The first-order valence-electron chi connectivity index (χ1n) is 11.1. The van der Waals surface area contributed by atoms with Crippen molar-refractivity contribution >= 4 is 5.96 Å². The summed E-state index contributed by atoms with van der Waals surface area (Å²) in [6, 6.07) is 0. The average Bonchev–Trinajstić information content (AvgIpc) is 3.04. The van der Waals surface area contributed by atoms with E-state index in [-0.39, 0.29) is 0 Å². The predicted octanol–water partition coefficient (Wildman–Crippen LogP) is 2.17. The summed E-state index contributed by atoms with van der Waals surface area (Å²) >= 11 is 0. The summed E-state index contributed by atoms with van der Waals surface area (Å²) in [6.45, 7) is 11.9. The fraction of sp³-hybridized carbons (Fsp3) is 0.952. The van der Waals surface area contributed by atoms with E-state index in [4.69, 9.17) is 9.73 Å². The van der Waals surface area contributed by atoms with E-state index in [1.54, 1.807) is 7.11 Å². The Labute approximate surface area is 167 Å². The number of aliphatic imine (C=N–C) groups is 1. The van der Waals surface area contributed by atoms with E-state index < -0.39 is 0 Å². The highest BCUT2D eigenvalue weighted by molar-refractivity contribution is 5.79. The summed E-state index contributed by atoms with van der Waals surface area (Å²) in [5.74, 6) is 0.983. The molecule has 0 aromatic carbocycles. The maximum atomic E-state index is 5.35. The fourth-order valence-corrected chi connectivity index (χ4v) is 4.35. The van der Waals surface area contributed by atoms with Crippen LogP contribution in [0.3, 0.4) is 0 Å². The van der Waals surface area contributed by atoms with Crippen LogP contribution >= 0.6 is 0 Å². The van der Waals surface area contributed by atoms with Crippen LogP contribution in [0.1, 0.15) is 51.9 Å². The number of guanidine groups is 1. The summed E-state index contributed by atoms with van der Waals surface area (Å²) in [7, 11) is 4.04. The van der Waals surface area contributed by atoms with Crippen molar-refractivity contribution in [2.45, 2.75) is 51.9 Å². The van der Waals surface area contributed by atoms with Gasteiger partial charge in [0.1, 0.15) is 0 Å². The Bertz CT molecular complexity index is 423. The maximum absolute atomic E-state index is 5.35. The normalized spacial score (nSPS) is 22.0. The number of ether oxygens (including phenoxy) is 1. The van der Waals surface area contributed by atoms with E-state index in [1.165, 1.54) is 71.2 Å². The van der Waals surface area contributed by atoms with Crippen molar-refractivity contribution in [2.24, 2.45) is 10.4 Å². The number of nitrogens with zero attached hydrogens (tertiary/aromatic N) is 3. The molecule has 0 aromatic heterocycles. The first kappa shape index (κ1) is 22.4. The molecule has 0 bridgehead atoms. The molecule has 1 aliphatic heterocycles. The molecule has 0 atom stereocenters. The number of methoxy groups -OCH3 is 1. The molecule has 6 nitrogen and oxygen atoms in total. The molecule has 2 aliphatic rings. The van der Waals surface area contributed by atoms with Gasteiger partial charge in [-0.3, -0.25) is 4.99 Å². The third-order valence-corrected chi connectivity index (χ3v) is 6.17. The van der Waals surface area contributed by atoms with E-state index >= 15 is 0 Å². The van der Waals surface area contributed by atoms with Crippen LogP contribution in [-0.2, 0) is 4.74 Å². The summed E-state index contributed by atoms with van der Waals surface area (Å²) in [4.78, 5) is 9.99. The van der Waals surface area contributed by atoms with Crippen molar-refractivity contribution in [1.82, 2.24) is 20.4 Å². The van der Waals surface area contributed by atoms with Gasteiger partial charge in [0.2, 0.25) is 0 Å². The van der Waals surface area contributed by atoms with Crippen molar-refractivity contribution in [3.8, 4) is 0 Å². The second-order valence-corrected chi connectivity index (χ2v) is 8.42. The van der Waals surface area contributed by atoms with Crippen LogP contribution < -0.4 is 10.6 Å². The molecule has 1 heterocycles. The summed E-state index contributed by atoms with van der Waals surface area (Å²) < 4.78 is 5.35. The topological polar surface area (TPSA) is 52.1 Å². The SMILES string of the molecule is CCNC(=NCC1(CCOC)CCCC1)NCCCN1CCCN(C)CC1. The Balaban J connectivity index is 1.74. The molecule has 1 saturated carbocycles. The number of hydrogen-bond donors (Lipinski definition) is 2. The van der Waals surface area contributed by atoms with Crippen LogP contribution in [0.25, 0.3) is 0 Å². The molecule has 0 amide bonds. The zero-order chi connectivity index (χ0) is 19.4. The van der Waals surface area contributed by atoms with Crippen molar-refractivity contribution < 1.29 is 4.74 Å². The minimum Gasteiger partial charge on any atom is -0.385 e. The first-order valence-corrected chi connectivity index (χ1v) is 11.1. The number of likely N-dealkylation sites (N-methyl/N-ethyl adjacent to an activating group) is 1.